The van der Waals surface area contributed by atoms with Crippen LogP contribution in [0.3, 0.4) is 0 Å². The molecule has 2 unspecified atom stereocenters. The second-order valence-electron chi connectivity index (χ2n) is 4.84. The topological polar surface area (TPSA) is 67.8 Å². The largest absolute Gasteiger partial charge is 0.445 e. The quantitative estimate of drug-likeness (QED) is 0.758. The maximum absolute atomic E-state index is 11.7. The van der Waals surface area contributed by atoms with Gasteiger partial charge in [0.1, 0.15) is 12.4 Å². The van der Waals surface area contributed by atoms with Gasteiger partial charge in [0.2, 0.25) is 0 Å². The molecule has 2 N–H and O–H groups in total. The predicted molar refractivity (Wildman–Crippen MR) is 79.2 cm³/mol. The number of alkyl carbamates (subject to hydrolysis) is 1. The first kappa shape index (κ1) is 16.9. The zero-order valence-corrected chi connectivity index (χ0v) is 13.0. The van der Waals surface area contributed by atoms with Crippen LogP contribution in [0.2, 0.25) is 0 Å². The van der Waals surface area contributed by atoms with E-state index >= 15 is 0 Å². The molecule has 1 aromatic carbocycles. The number of hydrogen-bond donors (Lipinski definition) is 2. The van der Waals surface area contributed by atoms with Crippen molar-refractivity contribution in [2.45, 2.75) is 32.7 Å². The molecule has 0 saturated carbocycles. The SMILES string of the molecule is COP(O)C(CC(C)C)NC(=O)OCc1ccccc1. The molecule has 5 nitrogen and oxygen atoms in total. The van der Waals surface area contributed by atoms with Gasteiger partial charge in [-0.2, -0.15) is 0 Å². The number of amides is 1. The Bertz CT molecular complexity index is 399. The number of nitrogens with one attached hydrogen (secondary N) is 1. The van der Waals surface area contributed by atoms with E-state index in [1.54, 1.807) is 0 Å². The van der Waals surface area contributed by atoms with Crippen LogP contribution < -0.4 is 5.32 Å². The van der Waals surface area contributed by atoms with Crippen molar-refractivity contribution in [1.29, 1.82) is 0 Å². The monoisotopic (exact) mass is 299 g/mol. The number of hydrogen-bond acceptors (Lipinski definition) is 4. The fraction of sp³-hybridized carbons (Fsp3) is 0.500. The molecule has 0 heterocycles. The van der Waals surface area contributed by atoms with Gasteiger partial charge in [-0.15, -0.1) is 0 Å². The van der Waals surface area contributed by atoms with Gasteiger partial charge in [-0.1, -0.05) is 44.2 Å². The van der Waals surface area contributed by atoms with E-state index in [1.165, 1.54) is 7.11 Å². The smallest absolute Gasteiger partial charge is 0.408 e. The number of carbonyl (C=O) groups is 1. The summed E-state index contributed by atoms with van der Waals surface area (Å²) >= 11 is 0. The highest BCUT2D eigenvalue weighted by molar-refractivity contribution is 7.47. The minimum atomic E-state index is -1.68. The minimum Gasteiger partial charge on any atom is -0.445 e. The summed E-state index contributed by atoms with van der Waals surface area (Å²) in [5, 5.41) is 2.66. The van der Waals surface area contributed by atoms with Crippen LogP contribution >= 0.6 is 8.38 Å². The lowest BCUT2D eigenvalue weighted by atomic mass is 10.1. The molecular weight excluding hydrogens is 277 g/mol. The van der Waals surface area contributed by atoms with Gasteiger partial charge in [0.05, 0.1) is 0 Å². The molecule has 1 aromatic rings. The van der Waals surface area contributed by atoms with Crippen molar-refractivity contribution in [2.75, 3.05) is 7.11 Å². The average Bonchev–Trinajstić information content (AvgIpc) is 2.44. The molecule has 1 amide bonds. The molecule has 2 atom stereocenters. The van der Waals surface area contributed by atoms with Crippen molar-refractivity contribution in [1.82, 2.24) is 5.32 Å². The van der Waals surface area contributed by atoms with Gasteiger partial charge < -0.3 is 19.5 Å². The number of rotatable bonds is 7. The van der Waals surface area contributed by atoms with E-state index in [0.717, 1.165) is 5.56 Å². The molecule has 20 heavy (non-hydrogen) atoms. The summed E-state index contributed by atoms with van der Waals surface area (Å²) in [5.74, 6) is -0.0833. The molecular formula is C14H22NO4P. The lowest BCUT2D eigenvalue weighted by Crippen LogP contribution is -2.35. The van der Waals surface area contributed by atoms with E-state index in [9.17, 15) is 9.69 Å². The highest BCUT2D eigenvalue weighted by Crippen LogP contribution is 2.38. The molecule has 0 saturated heterocycles. The van der Waals surface area contributed by atoms with Gasteiger partial charge in [0.25, 0.3) is 0 Å². The first-order valence-corrected chi connectivity index (χ1v) is 7.80. The summed E-state index contributed by atoms with van der Waals surface area (Å²) in [6.45, 7) is 4.24. The van der Waals surface area contributed by atoms with E-state index in [4.69, 9.17) is 9.26 Å². The summed E-state index contributed by atoms with van der Waals surface area (Å²) in [5.41, 5.74) is 0.918. The lowest BCUT2D eigenvalue weighted by molar-refractivity contribution is 0.136. The molecule has 0 spiro atoms. The maximum atomic E-state index is 11.7. The van der Waals surface area contributed by atoms with Gasteiger partial charge in [-0.25, -0.2) is 4.79 Å². The second-order valence-corrected chi connectivity index (χ2v) is 6.43. The van der Waals surface area contributed by atoms with Crippen LogP contribution in [-0.2, 0) is 15.9 Å². The number of benzene rings is 1. The Morgan fingerprint density at radius 1 is 1.35 bits per heavy atom. The summed E-state index contributed by atoms with van der Waals surface area (Å²) in [6.07, 6.45) is 0.0920. The molecule has 0 aliphatic rings. The minimum absolute atomic E-state index is 0.206. The molecule has 112 valence electrons. The second kappa shape index (κ2) is 8.90. The average molecular weight is 299 g/mol. The lowest BCUT2D eigenvalue weighted by Gasteiger charge is -2.23. The first-order chi connectivity index (χ1) is 9.52. The highest BCUT2D eigenvalue weighted by Gasteiger charge is 2.23. The standard InChI is InChI=1S/C14H22NO4P/c1-11(2)9-13(20(17)18-3)15-14(16)19-10-12-7-5-4-6-8-12/h4-8,11,13,17H,9-10H2,1-3H3,(H,15,16). The van der Waals surface area contributed by atoms with Crippen LogP contribution in [0, 0.1) is 5.92 Å². The van der Waals surface area contributed by atoms with E-state index in [-0.39, 0.29) is 6.61 Å². The molecule has 0 radical (unpaired) electrons. The third-order valence-electron chi connectivity index (χ3n) is 2.65. The van der Waals surface area contributed by atoms with Crippen LogP contribution in [-0.4, -0.2) is 23.9 Å². The van der Waals surface area contributed by atoms with Crippen LogP contribution in [0.1, 0.15) is 25.8 Å². The van der Waals surface area contributed by atoms with Crippen molar-refractivity contribution < 1.29 is 18.9 Å². The van der Waals surface area contributed by atoms with Crippen molar-refractivity contribution in [2.24, 2.45) is 5.92 Å². The van der Waals surface area contributed by atoms with E-state index in [2.05, 4.69) is 5.32 Å². The van der Waals surface area contributed by atoms with E-state index in [0.29, 0.717) is 12.3 Å². The van der Waals surface area contributed by atoms with E-state index in [1.807, 2.05) is 44.2 Å². The third-order valence-corrected chi connectivity index (χ3v) is 3.89. The Labute approximate surface area is 121 Å². The van der Waals surface area contributed by atoms with Crippen LogP contribution in [0.15, 0.2) is 30.3 Å². The molecule has 0 aliphatic heterocycles. The Kier molecular flexibility index (Phi) is 7.52. The van der Waals surface area contributed by atoms with Crippen LogP contribution in [0.5, 0.6) is 0 Å². The molecule has 0 aliphatic carbocycles. The summed E-state index contributed by atoms with van der Waals surface area (Å²) in [4.78, 5) is 21.5. The third kappa shape index (κ3) is 6.33. The Hall–Kier alpha value is -1.16. The summed E-state index contributed by atoms with van der Waals surface area (Å²) < 4.78 is 10.1. The Morgan fingerprint density at radius 3 is 2.55 bits per heavy atom. The molecule has 0 bridgehead atoms. The van der Waals surface area contributed by atoms with E-state index < -0.39 is 20.3 Å². The van der Waals surface area contributed by atoms with Crippen molar-refractivity contribution >= 4 is 14.5 Å². The van der Waals surface area contributed by atoms with Crippen LogP contribution in [0.4, 0.5) is 4.79 Å². The molecule has 0 aromatic heterocycles. The molecule has 1 rings (SSSR count). The maximum Gasteiger partial charge on any atom is 0.408 e. The first-order valence-electron chi connectivity index (χ1n) is 6.52. The van der Waals surface area contributed by atoms with Gasteiger partial charge in [-0.3, -0.25) is 0 Å². The van der Waals surface area contributed by atoms with Gasteiger partial charge in [0.15, 0.2) is 8.38 Å². The number of ether oxygens (including phenoxy) is 1. The zero-order chi connectivity index (χ0) is 15.0. The Morgan fingerprint density at radius 2 is 2.00 bits per heavy atom. The van der Waals surface area contributed by atoms with Crippen molar-refractivity contribution in [3.05, 3.63) is 35.9 Å². The highest BCUT2D eigenvalue weighted by atomic mass is 31.2. The van der Waals surface area contributed by atoms with Gasteiger partial charge >= 0.3 is 6.09 Å². The van der Waals surface area contributed by atoms with Gasteiger partial charge in [0, 0.05) is 7.11 Å². The number of carbonyl (C=O) groups excluding carboxylic acids is 1. The summed E-state index contributed by atoms with van der Waals surface area (Å²) in [7, 11) is -0.257. The van der Waals surface area contributed by atoms with Crippen molar-refractivity contribution in [3.63, 3.8) is 0 Å². The van der Waals surface area contributed by atoms with Crippen LogP contribution in [0.25, 0.3) is 0 Å². The predicted octanol–water partition coefficient (Wildman–Crippen LogP) is 3.24. The Balaban J connectivity index is 2.45. The molecule has 0 fully saturated rings. The summed E-state index contributed by atoms with van der Waals surface area (Å²) in [6, 6.07) is 9.44. The zero-order valence-electron chi connectivity index (χ0n) is 12.1. The van der Waals surface area contributed by atoms with Gasteiger partial charge in [-0.05, 0) is 17.9 Å². The normalized spacial score (nSPS) is 13.8. The molecule has 6 heteroatoms. The fourth-order valence-electron chi connectivity index (χ4n) is 1.68. The van der Waals surface area contributed by atoms with Crippen molar-refractivity contribution in [3.8, 4) is 0 Å². The fourth-order valence-corrected chi connectivity index (χ4v) is 2.75.